The van der Waals surface area contributed by atoms with Crippen LogP contribution in [0.1, 0.15) is 36.2 Å². The number of furan rings is 1. The first-order chi connectivity index (χ1) is 8.20. The summed E-state index contributed by atoms with van der Waals surface area (Å²) in [6.07, 6.45) is 6.96. The van der Waals surface area contributed by atoms with Gasteiger partial charge in [-0.25, -0.2) is 4.79 Å². The number of carbonyl (C=O) groups is 1. The third-order valence-corrected chi connectivity index (χ3v) is 4.32. The highest BCUT2D eigenvalue weighted by atomic mass is 32.2. The molecule has 0 amide bonds. The van der Waals surface area contributed by atoms with Crippen LogP contribution >= 0.6 is 11.8 Å². The number of thioether (sulfide) groups is 1. The molecule has 1 aliphatic carbocycles. The van der Waals surface area contributed by atoms with Gasteiger partial charge >= 0.3 is 5.97 Å². The minimum Gasteiger partial charge on any atom is -0.475 e. The van der Waals surface area contributed by atoms with Crippen molar-refractivity contribution in [3.05, 3.63) is 17.9 Å². The summed E-state index contributed by atoms with van der Waals surface area (Å²) in [6, 6.07) is 3.56. The number of anilines is 1. The van der Waals surface area contributed by atoms with Crippen molar-refractivity contribution in [2.24, 2.45) is 0 Å². The molecule has 1 saturated carbocycles. The maximum absolute atomic E-state index is 10.7. The molecule has 0 radical (unpaired) electrons. The molecule has 1 aromatic heterocycles. The number of hydrogen-bond acceptors (Lipinski definition) is 4. The van der Waals surface area contributed by atoms with Gasteiger partial charge in [0, 0.05) is 17.4 Å². The van der Waals surface area contributed by atoms with Gasteiger partial charge in [-0.15, -0.1) is 0 Å². The predicted molar refractivity (Wildman–Crippen MR) is 68.8 cm³/mol. The fraction of sp³-hybridized carbons (Fsp3) is 0.583. The van der Waals surface area contributed by atoms with Crippen LogP contribution in [0.4, 0.5) is 5.88 Å². The molecule has 0 aromatic carbocycles. The van der Waals surface area contributed by atoms with Crippen molar-refractivity contribution < 1.29 is 14.3 Å². The zero-order valence-corrected chi connectivity index (χ0v) is 10.6. The number of nitrogens with one attached hydrogen (secondary N) is 1. The van der Waals surface area contributed by atoms with Crippen LogP contribution in [0.5, 0.6) is 0 Å². The molecule has 0 spiro atoms. The Bertz CT molecular complexity index is 391. The van der Waals surface area contributed by atoms with Crippen molar-refractivity contribution in [1.82, 2.24) is 0 Å². The zero-order valence-electron chi connectivity index (χ0n) is 9.81. The molecule has 2 unspecified atom stereocenters. The quantitative estimate of drug-likeness (QED) is 0.865. The monoisotopic (exact) mass is 255 g/mol. The van der Waals surface area contributed by atoms with Gasteiger partial charge in [0.2, 0.25) is 5.76 Å². The summed E-state index contributed by atoms with van der Waals surface area (Å²) in [4.78, 5) is 10.7. The largest absolute Gasteiger partial charge is 0.475 e. The van der Waals surface area contributed by atoms with Crippen LogP contribution in [0.15, 0.2) is 16.5 Å². The fourth-order valence-electron chi connectivity index (χ4n) is 2.26. The van der Waals surface area contributed by atoms with E-state index in [-0.39, 0.29) is 5.76 Å². The second-order valence-electron chi connectivity index (χ2n) is 4.28. The van der Waals surface area contributed by atoms with Gasteiger partial charge in [0.25, 0.3) is 0 Å². The van der Waals surface area contributed by atoms with Gasteiger partial charge < -0.3 is 14.8 Å². The molecular formula is C12H17NO3S. The predicted octanol–water partition coefficient (Wildman–Crippen LogP) is 3.06. The minimum absolute atomic E-state index is 0.0102. The lowest BCUT2D eigenvalue weighted by atomic mass is 9.95. The van der Waals surface area contributed by atoms with Crippen LogP contribution in [-0.4, -0.2) is 28.6 Å². The number of carboxylic acids is 1. The van der Waals surface area contributed by atoms with Crippen LogP contribution in [0.2, 0.25) is 0 Å². The van der Waals surface area contributed by atoms with Crippen molar-refractivity contribution in [2.45, 2.75) is 37.0 Å². The summed E-state index contributed by atoms with van der Waals surface area (Å²) in [5.41, 5.74) is 0. The Labute approximate surface area is 105 Å². The van der Waals surface area contributed by atoms with Crippen LogP contribution in [0.3, 0.4) is 0 Å². The Morgan fingerprint density at radius 3 is 2.88 bits per heavy atom. The first-order valence-corrected chi connectivity index (χ1v) is 7.12. The molecule has 0 saturated heterocycles. The molecule has 2 N–H and O–H groups in total. The van der Waals surface area contributed by atoms with E-state index in [1.807, 2.05) is 11.8 Å². The summed E-state index contributed by atoms with van der Waals surface area (Å²) >= 11 is 1.87. The van der Waals surface area contributed by atoms with E-state index in [9.17, 15) is 4.79 Å². The minimum atomic E-state index is -1.02. The third kappa shape index (κ3) is 2.97. The van der Waals surface area contributed by atoms with Crippen molar-refractivity contribution >= 4 is 23.6 Å². The highest BCUT2D eigenvalue weighted by Crippen LogP contribution is 2.29. The van der Waals surface area contributed by atoms with Crippen LogP contribution < -0.4 is 5.32 Å². The first-order valence-electron chi connectivity index (χ1n) is 5.83. The molecule has 5 heteroatoms. The molecule has 1 fully saturated rings. The maximum atomic E-state index is 10.7. The molecule has 94 valence electrons. The van der Waals surface area contributed by atoms with Crippen molar-refractivity contribution in [3.8, 4) is 0 Å². The number of rotatable bonds is 4. The van der Waals surface area contributed by atoms with E-state index < -0.39 is 5.97 Å². The third-order valence-electron chi connectivity index (χ3n) is 3.15. The SMILES string of the molecule is CSC1CCCCC1Nc1ccc(C(=O)O)o1. The van der Waals surface area contributed by atoms with E-state index in [2.05, 4.69) is 11.6 Å². The molecule has 1 aromatic rings. The Morgan fingerprint density at radius 2 is 2.24 bits per heavy atom. The summed E-state index contributed by atoms with van der Waals surface area (Å²) in [7, 11) is 0. The molecule has 17 heavy (non-hydrogen) atoms. The van der Waals surface area contributed by atoms with Gasteiger partial charge in [0.05, 0.1) is 0 Å². The van der Waals surface area contributed by atoms with Crippen LogP contribution in [0, 0.1) is 0 Å². The molecule has 1 aliphatic rings. The number of carboxylic acid groups (broad SMARTS) is 1. The normalized spacial score (nSPS) is 24.5. The fourth-order valence-corrected chi connectivity index (χ4v) is 3.19. The van der Waals surface area contributed by atoms with E-state index >= 15 is 0 Å². The smallest absolute Gasteiger partial charge is 0.371 e. The second kappa shape index (κ2) is 5.49. The van der Waals surface area contributed by atoms with Crippen molar-refractivity contribution in [2.75, 3.05) is 11.6 Å². The van der Waals surface area contributed by atoms with E-state index in [1.54, 1.807) is 6.07 Å². The van der Waals surface area contributed by atoms with Gasteiger partial charge in [0.15, 0.2) is 5.88 Å². The molecule has 0 bridgehead atoms. The molecule has 1 heterocycles. The van der Waals surface area contributed by atoms with E-state index in [1.165, 1.54) is 25.3 Å². The second-order valence-corrected chi connectivity index (χ2v) is 5.36. The van der Waals surface area contributed by atoms with E-state index in [4.69, 9.17) is 9.52 Å². The Balaban J connectivity index is 2.00. The van der Waals surface area contributed by atoms with Crippen LogP contribution in [0.25, 0.3) is 0 Å². The first kappa shape index (κ1) is 12.4. The van der Waals surface area contributed by atoms with E-state index in [0.29, 0.717) is 17.2 Å². The van der Waals surface area contributed by atoms with Gasteiger partial charge in [-0.3, -0.25) is 0 Å². The standard InChI is InChI=1S/C12H17NO3S/c1-17-10-5-3-2-4-8(10)13-11-7-6-9(16-11)12(14)15/h6-8,10,13H,2-5H2,1H3,(H,14,15). The number of hydrogen-bond donors (Lipinski definition) is 2. The van der Waals surface area contributed by atoms with Crippen molar-refractivity contribution in [3.63, 3.8) is 0 Å². The van der Waals surface area contributed by atoms with E-state index in [0.717, 1.165) is 6.42 Å². The van der Waals surface area contributed by atoms with Crippen molar-refractivity contribution in [1.29, 1.82) is 0 Å². The molecule has 2 atom stereocenters. The lowest BCUT2D eigenvalue weighted by Crippen LogP contribution is -2.34. The molecule has 2 rings (SSSR count). The lowest BCUT2D eigenvalue weighted by molar-refractivity contribution is 0.0663. The van der Waals surface area contributed by atoms with Gasteiger partial charge in [-0.2, -0.15) is 11.8 Å². The summed E-state index contributed by atoms with van der Waals surface area (Å²) < 4.78 is 5.22. The van der Waals surface area contributed by atoms with Gasteiger partial charge in [0.1, 0.15) is 0 Å². The molecule has 0 aliphatic heterocycles. The average Bonchev–Trinajstić information content (AvgIpc) is 2.78. The summed E-state index contributed by atoms with van der Waals surface area (Å²) in [5.74, 6) is -0.472. The highest BCUT2D eigenvalue weighted by molar-refractivity contribution is 7.99. The molecule has 4 nitrogen and oxygen atoms in total. The van der Waals surface area contributed by atoms with Crippen LogP contribution in [-0.2, 0) is 0 Å². The summed E-state index contributed by atoms with van der Waals surface area (Å²) in [5, 5.41) is 12.7. The Morgan fingerprint density at radius 1 is 1.47 bits per heavy atom. The number of aromatic carboxylic acids is 1. The average molecular weight is 255 g/mol. The topological polar surface area (TPSA) is 62.5 Å². The zero-order chi connectivity index (χ0) is 12.3. The van der Waals surface area contributed by atoms with Gasteiger partial charge in [-0.1, -0.05) is 12.8 Å². The van der Waals surface area contributed by atoms with Gasteiger partial charge in [-0.05, 0) is 25.2 Å². The Kier molecular flexibility index (Phi) is 3.99. The Hall–Kier alpha value is -1.10. The maximum Gasteiger partial charge on any atom is 0.371 e. The summed E-state index contributed by atoms with van der Waals surface area (Å²) in [6.45, 7) is 0. The highest BCUT2D eigenvalue weighted by Gasteiger charge is 2.25. The lowest BCUT2D eigenvalue weighted by Gasteiger charge is -2.30. The molecular weight excluding hydrogens is 238 g/mol.